The minimum Gasteiger partial charge on any atom is -0.454 e. The Morgan fingerprint density at radius 1 is 1.12 bits per heavy atom. The van der Waals surface area contributed by atoms with Crippen molar-refractivity contribution in [2.45, 2.75) is 26.7 Å². The molecule has 0 aliphatic heterocycles. The van der Waals surface area contributed by atoms with Crippen LogP contribution in [0.1, 0.15) is 32.4 Å². The largest absolute Gasteiger partial charge is 0.454 e. The number of hydrogen-bond acceptors (Lipinski definition) is 2. The van der Waals surface area contributed by atoms with Gasteiger partial charge in [-0.25, -0.2) is 9.55 Å². The molecular formula is C21H21N2O+. The zero-order valence-electron chi connectivity index (χ0n) is 15.4. The van der Waals surface area contributed by atoms with E-state index in [1.54, 1.807) is 0 Å². The van der Waals surface area contributed by atoms with Crippen molar-refractivity contribution in [2.24, 2.45) is 7.05 Å². The van der Waals surface area contributed by atoms with Gasteiger partial charge in [0.1, 0.15) is 18.1 Å². The van der Waals surface area contributed by atoms with Gasteiger partial charge in [0, 0.05) is 30.1 Å². The molecular weight excluding hydrogens is 296 g/mol. The van der Waals surface area contributed by atoms with Crippen LogP contribution in [0.3, 0.4) is 0 Å². The molecule has 0 saturated carbocycles. The van der Waals surface area contributed by atoms with Gasteiger partial charge in [0.2, 0.25) is 5.69 Å². The van der Waals surface area contributed by atoms with E-state index < -0.39 is 5.89 Å². The molecule has 0 fully saturated rings. The van der Waals surface area contributed by atoms with Crippen LogP contribution in [-0.4, -0.2) is 4.98 Å². The summed E-state index contributed by atoms with van der Waals surface area (Å²) in [7, 11) is 2.05. The van der Waals surface area contributed by atoms with Crippen molar-refractivity contribution in [3.63, 3.8) is 0 Å². The highest BCUT2D eigenvalue weighted by molar-refractivity contribution is 6.04. The minimum atomic E-state index is -0.739. The Bertz CT molecular complexity index is 1110. The average molecular weight is 318 g/mol. The Kier molecular flexibility index (Phi) is 3.12. The molecule has 0 saturated heterocycles. The predicted molar refractivity (Wildman–Crippen MR) is 97.0 cm³/mol. The number of benzene rings is 1. The van der Waals surface area contributed by atoms with Crippen molar-refractivity contribution < 1.29 is 10.4 Å². The van der Waals surface area contributed by atoms with Crippen LogP contribution in [0.5, 0.6) is 0 Å². The Morgan fingerprint density at radius 3 is 2.71 bits per heavy atom. The van der Waals surface area contributed by atoms with Crippen molar-refractivity contribution in [1.82, 2.24) is 4.98 Å². The maximum atomic E-state index is 8.25. The summed E-state index contributed by atoms with van der Waals surface area (Å²) in [4.78, 5) is 4.73. The number of hydrogen-bond donors (Lipinski definition) is 0. The monoisotopic (exact) mass is 318 g/mol. The number of aromatic nitrogens is 2. The van der Waals surface area contributed by atoms with Gasteiger partial charge in [-0.15, -0.1) is 0 Å². The molecule has 0 atom stereocenters. The molecule has 0 N–H and O–H groups in total. The summed E-state index contributed by atoms with van der Waals surface area (Å²) in [6.45, 7) is 5.80. The van der Waals surface area contributed by atoms with Crippen molar-refractivity contribution in [1.29, 1.82) is 0 Å². The first-order valence-corrected chi connectivity index (χ1v) is 8.14. The van der Waals surface area contributed by atoms with E-state index in [1.165, 1.54) is 0 Å². The molecule has 0 unspecified atom stereocenters. The van der Waals surface area contributed by atoms with Gasteiger partial charge in [0.05, 0.1) is 0 Å². The molecule has 0 spiro atoms. The molecule has 0 aliphatic carbocycles. The molecule has 3 nitrogen and oxygen atoms in total. The van der Waals surface area contributed by atoms with E-state index in [9.17, 15) is 0 Å². The molecule has 0 amide bonds. The number of aryl methyl sites for hydroxylation is 2. The van der Waals surface area contributed by atoms with E-state index in [-0.39, 0.29) is 0 Å². The van der Waals surface area contributed by atoms with Gasteiger partial charge in [0.25, 0.3) is 0 Å². The second-order valence-electron chi connectivity index (χ2n) is 6.51. The zero-order valence-corrected chi connectivity index (χ0v) is 14.4. The average Bonchev–Trinajstić information content (AvgIpc) is 2.90. The summed E-state index contributed by atoms with van der Waals surface area (Å²) >= 11 is 0. The van der Waals surface area contributed by atoms with E-state index in [0.717, 1.165) is 44.6 Å². The molecule has 3 aromatic heterocycles. The fourth-order valence-corrected chi connectivity index (χ4v) is 3.15. The molecule has 4 aromatic rings. The summed E-state index contributed by atoms with van der Waals surface area (Å²) in [5.74, 6) is -0.739. The van der Waals surface area contributed by atoms with E-state index in [1.807, 2.05) is 51.4 Å². The topological polar surface area (TPSA) is 29.9 Å². The quantitative estimate of drug-likeness (QED) is 0.492. The highest BCUT2D eigenvalue weighted by atomic mass is 16.3. The fraction of sp³-hybridized carbons (Fsp3) is 0.238. The first kappa shape index (κ1) is 13.7. The summed E-state index contributed by atoms with van der Waals surface area (Å²) in [5.41, 5.74) is 6.64. The van der Waals surface area contributed by atoms with Crippen LogP contribution in [0, 0.1) is 6.92 Å². The third-order valence-electron chi connectivity index (χ3n) is 4.50. The van der Waals surface area contributed by atoms with Gasteiger partial charge in [-0.05, 0) is 48.7 Å². The lowest BCUT2D eigenvalue weighted by Crippen LogP contribution is -2.30. The van der Waals surface area contributed by atoms with Crippen molar-refractivity contribution in [2.75, 3.05) is 0 Å². The number of furan rings is 1. The van der Waals surface area contributed by atoms with Gasteiger partial charge in [-0.3, -0.25) is 0 Å². The molecule has 1 aromatic carbocycles. The standard InChI is InChI=1S/C21H21N2O/c1-13(2)17-8-9-19-21(22-17)16-12-15(14(3)11-20(16)24-19)18-7-5-6-10-23(18)4/h5-13H,1-4H3/q+1/i13D. The van der Waals surface area contributed by atoms with Crippen LogP contribution >= 0.6 is 0 Å². The summed E-state index contributed by atoms with van der Waals surface area (Å²) < 4.78 is 16.4. The van der Waals surface area contributed by atoms with Gasteiger partial charge in [-0.1, -0.05) is 13.8 Å². The lowest BCUT2D eigenvalue weighted by molar-refractivity contribution is -0.660. The Morgan fingerprint density at radius 2 is 1.96 bits per heavy atom. The Hall–Kier alpha value is -2.68. The fourth-order valence-electron chi connectivity index (χ4n) is 3.15. The number of rotatable bonds is 2. The normalized spacial score (nSPS) is 12.8. The second-order valence-corrected chi connectivity index (χ2v) is 6.51. The lowest BCUT2D eigenvalue weighted by Gasteiger charge is -2.05. The number of nitrogens with zero attached hydrogens (tertiary/aromatic N) is 2. The van der Waals surface area contributed by atoms with Crippen molar-refractivity contribution >= 4 is 22.1 Å². The zero-order chi connectivity index (χ0) is 17.8. The molecule has 24 heavy (non-hydrogen) atoms. The molecule has 0 aliphatic rings. The maximum absolute atomic E-state index is 8.25. The maximum Gasteiger partial charge on any atom is 0.212 e. The van der Waals surface area contributed by atoms with E-state index >= 15 is 0 Å². The van der Waals surface area contributed by atoms with Crippen LogP contribution in [0.2, 0.25) is 0 Å². The third-order valence-corrected chi connectivity index (χ3v) is 4.50. The Balaban J connectivity index is 2.03. The van der Waals surface area contributed by atoms with Crippen LogP contribution in [0.4, 0.5) is 0 Å². The highest BCUT2D eigenvalue weighted by Crippen LogP contribution is 2.33. The summed E-state index contributed by atoms with van der Waals surface area (Å²) in [5, 5.41) is 0.991. The lowest BCUT2D eigenvalue weighted by atomic mass is 10.0. The molecule has 120 valence electrons. The van der Waals surface area contributed by atoms with Crippen LogP contribution < -0.4 is 4.57 Å². The highest BCUT2D eigenvalue weighted by Gasteiger charge is 2.17. The van der Waals surface area contributed by atoms with Crippen LogP contribution in [-0.2, 0) is 7.05 Å². The molecule has 4 rings (SSSR count). The smallest absolute Gasteiger partial charge is 0.212 e. The van der Waals surface area contributed by atoms with Crippen LogP contribution in [0.15, 0.2) is 53.1 Å². The number of pyridine rings is 2. The third kappa shape index (κ3) is 2.28. The molecule has 3 heteroatoms. The SMILES string of the molecule is [2H]C(C)(C)c1ccc2oc3cc(C)c(-c4cccc[n+]4C)cc3c2n1. The van der Waals surface area contributed by atoms with Gasteiger partial charge in [0.15, 0.2) is 11.8 Å². The summed E-state index contributed by atoms with van der Waals surface area (Å²) in [6, 6.07) is 14.2. The Labute approximate surface area is 143 Å². The van der Waals surface area contributed by atoms with E-state index in [0.29, 0.717) is 0 Å². The van der Waals surface area contributed by atoms with Gasteiger partial charge < -0.3 is 4.42 Å². The second kappa shape index (κ2) is 5.45. The molecule has 0 bridgehead atoms. The summed E-state index contributed by atoms with van der Waals surface area (Å²) in [6.07, 6.45) is 2.05. The molecule has 3 heterocycles. The van der Waals surface area contributed by atoms with Gasteiger partial charge >= 0.3 is 0 Å². The van der Waals surface area contributed by atoms with E-state index in [4.69, 9.17) is 10.8 Å². The van der Waals surface area contributed by atoms with Crippen LogP contribution in [0.25, 0.3) is 33.3 Å². The first-order valence-electron chi connectivity index (χ1n) is 8.64. The van der Waals surface area contributed by atoms with Crippen molar-refractivity contribution in [3.05, 3.63) is 59.9 Å². The first-order chi connectivity index (χ1) is 11.8. The van der Waals surface area contributed by atoms with E-state index in [2.05, 4.69) is 29.7 Å². The van der Waals surface area contributed by atoms with Crippen molar-refractivity contribution in [3.8, 4) is 11.3 Å². The minimum absolute atomic E-state index is 0.739. The molecule has 0 radical (unpaired) electrons. The van der Waals surface area contributed by atoms with Gasteiger partial charge in [-0.2, -0.15) is 0 Å². The predicted octanol–water partition coefficient (Wildman–Crippen LogP) is 4.90. The number of fused-ring (bicyclic) bond motifs is 3.